The molecule has 1 amide bonds. The molecular weight excluding hydrogens is 340 g/mol. The first-order chi connectivity index (χ1) is 13.2. The molecule has 1 N–H and O–H groups in total. The van der Waals surface area contributed by atoms with Gasteiger partial charge >= 0.3 is 0 Å². The molecular formula is C22H28N2O3. The third kappa shape index (κ3) is 5.16. The fourth-order valence-corrected chi connectivity index (χ4v) is 3.27. The second kappa shape index (κ2) is 9.31. The highest BCUT2D eigenvalue weighted by molar-refractivity contribution is 5.80. The van der Waals surface area contributed by atoms with E-state index >= 15 is 0 Å². The van der Waals surface area contributed by atoms with E-state index in [0.717, 1.165) is 18.7 Å². The van der Waals surface area contributed by atoms with Crippen LogP contribution in [0.3, 0.4) is 0 Å². The van der Waals surface area contributed by atoms with Crippen molar-refractivity contribution in [2.45, 2.75) is 38.8 Å². The summed E-state index contributed by atoms with van der Waals surface area (Å²) in [6.07, 6.45) is 3.26. The van der Waals surface area contributed by atoms with Crippen LogP contribution < -0.4 is 19.7 Å². The zero-order valence-electron chi connectivity index (χ0n) is 16.1. The van der Waals surface area contributed by atoms with Crippen molar-refractivity contribution in [3.63, 3.8) is 0 Å². The van der Waals surface area contributed by atoms with Crippen LogP contribution in [0, 0.1) is 0 Å². The Balaban J connectivity index is 1.50. The van der Waals surface area contributed by atoms with Gasteiger partial charge in [-0.25, -0.2) is 0 Å². The summed E-state index contributed by atoms with van der Waals surface area (Å²) in [5.41, 5.74) is 2.34. The maximum absolute atomic E-state index is 12.3. The minimum Gasteiger partial charge on any atom is -0.493 e. The number of hydrogen-bond acceptors (Lipinski definition) is 4. The molecule has 0 unspecified atom stereocenters. The molecule has 1 saturated heterocycles. The van der Waals surface area contributed by atoms with Gasteiger partial charge in [-0.1, -0.05) is 24.3 Å². The Labute approximate surface area is 161 Å². The van der Waals surface area contributed by atoms with Gasteiger partial charge in [0, 0.05) is 25.3 Å². The largest absolute Gasteiger partial charge is 0.493 e. The summed E-state index contributed by atoms with van der Waals surface area (Å²) in [7, 11) is 1.58. The zero-order chi connectivity index (χ0) is 19.1. The maximum Gasteiger partial charge on any atom is 0.261 e. The quantitative estimate of drug-likeness (QED) is 0.808. The first-order valence-corrected chi connectivity index (χ1v) is 9.58. The predicted octanol–water partition coefficient (Wildman–Crippen LogP) is 3.77. The first-order valence-electron chi connectivity index (χ1n) is 9.58. The number of carbonyl (C=O) groups excluding carboxylic acids is 1. The summed E-state index contributed by atoms with van der Waals surface area (Å²) in [5.74, 6) is 1.03. The van der Waals surface area contributed by atoms with Gasteiger partial charge in [0.05, 0.1) is 7.11 Å². The number of carbonyl (C=O) groups is 1. The standard InChI is InChI=1S/C22H28N2O3/c1-17(27-21-9-5-4-8-20(21)26-2)22(25)23-16-18-10-12-19(13-11-18)24-14-6-3-7-15-24/h4-5,8-13,17H,3,6-7,14-16H2,1-2H3,(H,23,25)/t17-/m1/s1. The molecule has 1 fully saturated rings. The summed E-state index contributed by atoms with van der Waals surface area (Å²) in [5, 5.41) is 2.94. The Bertz CT molecular complexity index is 739. The number of benzene rings is 2. The van der Waals surface area contributed by atoms with Crippen molar-refractivity contribution in [1.29, 1.82) is 0 Å². The number of rotatable bonds is 7. The van der Waals surface area contributed by atoms with Crippen LogP contribution in [0.2, 0.25) is 0 Å². The second-order valence-electron chi connectivity index (χ2n) is 6.84. The topological polar surface area (TPSA) is 50.8 Å². The van der Waals surface area contributed by atoms with Gasteiger partial charge in [0.1, 0.15) is 0 Å². The predicted molar refractivity (Wildman–Crippen MR) is 107 cm³/mol. The van der Waals surface area contributed by atoms with Crippen molar-refractivity contribution in [1.82, 2.24) is 5.32 Å². The molecule has 27 heavy (non-hydrogen) atoms. The summed E-state index contributed by atoms with van der Waals surface area (Å²) >= 11 is 0. The van der Waals surface area contributed by atoms with Gasteiger partial charge in [0.2, 0.25) is 0 Å². The summed E-state index contributed by atoms with van der Waals surface area (Å²) < 4.78 is 11.0. The minimum absolute atomic E-state index is 0.152. The number of hydrogen-bond donors (Lipinski definition) is 1. The Kier molecular flexibility index (Phi) is 6.58. The number of amides is 1. The van der Waals surface area contributed by atoms with Gasteiger partial charge in [0.15, 0.2) is 17.6 Å². The van der Waals surface area contributed by atoms with Crippen molar-refractivity contribution in [3.8, 4) is 11.5 Å². The molecule has 0 radical (unpaired) electrons. The van der Waals surface area contributed by atoms with E-state index in [1.165, 1.54) is 24.9 Å². The van der Waals surface area contributed by atoms with E-state index in [1.807, 2.05) is 18.2 Å². The van der Waals surface area contributed by atoms with E-state index in [9.17, 15) is 4.79 Å². The SMILES string of the molecule is COc1ccccc1O[C@H](C)C(=O)NCc1ccc(N2CCCCC2)cc1. The van der Waals surface area contributed by atoms with Gasteiger partial charge in [-0.15, -0.1) is 0 Å². The van der Waals surface area contributed by atoms with Gasteiger partial charge in [0.25, 0.3) is 5.91 Å². The molecule has 144 valence electrons. The molecule has 1 heterocycles. The molecule has 0 aromatic heterocycles. The van der Waals surface area contributed by atoms with Crippen LogP contribution in [0.1, 0.15) is 31.7 Å². The normalized spacial score (nSPS) is 15.1. The molecule has 1 aliphatic heterocycles. The monoisotopic (exact) mass is 368 g/mol. The van der Waals surface area contributed by atoms with Crippen LogP contribution in [-0.2, 0) is 11.3 Å². The van der Waals surface area contributed by atoms with Gasteiger partial charge < -0.3 is 19.7 Å². The van der Waals surface area contributed by atoms with Crippen LogP contribution in [0.25, 0.3) is 0 Å². The third-order valence-electron chi connectivity index (χ3n) is 4.87. The number of para-hydroxylation sites is 2. The summed E-state index contributed by atoms with van der Waals surface area (Å²) in [6.45, 7) is 4.49. The van der Waals surface area contributed by atoms with Crippen molar-refractivity contribution in [2.75, 3.05) is 25.1 Å². The van der Waals surface area contributed by atoms with Crippen molar-refractivity contribution in [2.24, 2.45) is 0 Å². The van der Waals surface area contributed by atoms with E-state index in [-0.39, 0.29) is 5.91 Å². The van der Waals surface area contributed by atoms with E-state index < -0.39 is 6.10 Å². The Morgan fingerprint density at radius 2 is 1.70 bits per heavy atom. The van der Waals surface area contributed by atoms with Crippen LogP contribution in [0.4, 0.5) is 5.69 Å². The highest BCUT2D eigenvalue weighted by atomic mass is 16.5. The Morgan fingerprint density at radius 1 is 1.04 bits per heavy atom. The highest BCUT2D eigenvalue weighted by Crippen LogP contribution is 2.26. The first kappa shape index (κ1) is 19.1. The van der Waals surface area contributed by atoms with Crippen molar-refractivity contribution in [3.05, 3.63) is 54.1 Å². The molecule has 3 rings (SSSR count). The summed E-state index contributed by atoms with van der Waals surface area (Å²) in [4.78, 5) is 14.8. The van der Waals surface area contributed by atoms with Crippen molar-refractivity contribution >= 4 is 11.6 Å². The Hall–Kier alpha value is -2.69. The number of nitrogens with one attached hydrogen (secondary N) is 1. The lowest BCUT2D eigenvalue weighted by molar-refractivity contribution is -0.127. The third-order valence-corrected chi connectivity index (χ3v) is 4.87. The van der Waals surface area contributed by atoms with Crippen LogP contribution >= 0.6 is 0 Å². The Morgan fingerprint density at radius 3 is 2.37 bits per heavy atom. The average molecular weight is 368 g/mol. The summed E-state index contributed by atoms with van der Waals surface area (Å²) in [6, 6.07) is 15.8. The number of ether oxygens (including phenoxy) is 2. The molecule has 0 bridgehead atoms. The lowest BCUT2D eigenvalue weighted by Crippen LogP contribution is -2.36. The number of methoxy groups -OCH3 is 1. The molecule has 0 saturated carbocycles. The van der Waals surface area contributed by atoms with E-state index in [1.54, 1.807) is 20.1 Å². The molecule has 0 aliphatic carbocycles. The van der Waals surface area contributed by atoms with Crippen LogP contribution in [0.15, 0.2) is 48.5 Å². The minimum atomic E-state index is -0.603. The average Bonchev–Trinajstić information content (AvgIpc) is 2.73. The van der Waals surface area contributed by atoms with Crippen LogP contribution in [0.5, 0.6) is 11.5 Å². The molecule has 5 heteroatoms. The zero-order valence-corrected chi connectivity index (χ0v) is 16.1. The number of anilines is 1. The van der Waals surface area contributed by atoms with E-state index in [0.29, 0.717) is 18.0 Å². The lowest BCUT2D eigenvalue weighted by atomic mass is 10.1. The van der Waals surface area contributed by atoms with E-state index in [2.05, 4.69) is 34.5 Å². The smallest absolute Gasteiger partial charge is 0.261 e. The highest BCUT2D eigenvalue weighted by Gasteiger charge is 2.16. The van der Waals surface area contributed by atoms with Gasteiger partial charge in [-0.05, 0) is 56.0 Å². The molecule has 2 aromatic carbocycles. The van der Waals surface area contributed by atoms with Crippen LogP contribution in [-0.4, -0.2) is 32.2 Å². The molecule has 5 nitrogen and oxygen atoms in total. The van der Waals surface area contributed by atoms with Crippen molar-refractivity contribution < 1.29 is 14.3 Å². The maximum atomic E-state index is 12.3. The van der Waals surface area contributed by atoms with Gasteiger partial charge in [-0.3, -0.25) is 4.79 Å². The fraction of sp³-hybridized carbons (Fsp3) is 0.409. The molecule has 1 atom stereocenters. The van der Waals surface area contributed by atoms with E-state index in [4.69, 9.17) is 9.47 Å². The second-order valence-corrected chi connectivity index (χ2v) is 6.84. The van der Waals surface area contributed by atoms with Gasteiger partial charge in [-0.2, -0.15) is 0 Å². The number of nitrogens with zero attached hydrogens (tertiary/aromatic N) is 1. The molecule has 2 aromatic rings. The fourth-order valence-electron chi connectivity index (χ4n) is 3.27. The molecule has 1 aliphatic rings. The number of piperidine rings is 1. The molecule has 0 spiro atoms. The lowest BCUT2D eigenvalue weighted by Gasteiger charge is -2.28.